The zero-order valence-corrected chi connectivity index (χ0v) is 24.7. The largest absolute Gasteiger partial charge is 0.379 e. The van der Waals surface area contributed by atoms with E-state index in [1.165, 1.54) is 19.3 Å². The highest BCUT2D eigenvalue weighted by molar-refractivity contribution is 5.75. The SMILES string of the molecule is CC.CC.CCC.CCC.CCC.CCCOCCOCCOCCNC(=O)CC(C)C. The number of carbonyl (C=O) groups is 1. The Kier molecular flexibility index (Phi) is 80.5. The maximum atomic E-state index is 11.3. The Bertz CT molecular complexity index is 245. The monoisotopic (exact) mass is 467 g/mol. The van der Waals surface area contributed by atoms with Crippen LogP contribution in [-0.2, 0) is 19.0 Å². The number of carbonyl (C=O) groups excluding carboxylic acids is 1. The lowest BCUT2D eigenvalue weighted by atomic mass is 10.1. The minimum atomic E-state index is 0.0860. The summed E-state index contributed by atoms with van der Waals surface area (Å²) in [6.45, 7) is 31.1. The van der Waals surface area contributed by atoms with E-state index in [2.05, 4.69) is 53.8 Å². The van der Waals surface area contributed by atoms with Gasteiger partial charge in [0.05, 0.1) is 33.0 Å². The van der Waals surface area contributed by atoms with Gasteiger partial charge in [0.1, 0.15) is 0 Å². The number of amides is 1. The standard InChI is InChI=1S/C14H29NO4.3C3H8.2C2H6/c1-4-6-17-8-10-19-11-9-18-7-5-15-14(16)12-13(2)3;3*1-3-2;2*1-2/h13H,4-12H2,1-3H3,(H,15,16);3*3H2,1-2H3;2*1-2H3. The molecule has 0 aliphatic carbocycles. The Morgan fingerprint density at radius 1 is 0.625 bits per heavy atom. The van der Waals surface area contributed by atoms with Crippen molar-refractivity contribution in [2.24, 2.45) is 5.92 Å². The molecule has 0 aromatic carbocycles. The van der Waals surface area contributed by atoms with E-state index in [4.69, 9.17) is 14.2 Å². The van der Waals surface area contributed by atoms with E-state index in [0.29, 0.717) is 51.9 Å². The van der Waals surface area contributed by atoms with Gasteiger partial charge in [-0.25, -0.2) is 0 Å². The second-order valence-electron chi connectivity index (χ2n) is 6.91. The van der Waals surface area contributed by atoms with Gasteiger partial charge >= 0.3 is 0 Å². The minimum Gasteiger partial charge on any atom is -0.379 e. The summed E-state index contributed by atoms with van der Waals surface area (Å²) in [6.07, 6.45) is 5.35. The molecule has 0 aromatic heterocycles. The van der Waals surface area contributed by atoms with Crippen LogP contribution in [0.1, 0.15) is 122 Å². The molecule has 0 aromatic rings. The van der Waals surface area contributed by atoms with Crippen LogP contribution in [0.3, 0.4) is 0 Å². The fraction of sp³-hybridized carbons (Fsp3) is 0.963. The van der Waals surface area contributed by atoms with E-state index in [-0.39, 0.29) is 5.91 Å². The summed E-state index contributed by atoms with van der Waals surface area (Å²) in [7, 11) is 0. The number of nitrogens with one attached hydrogen (secondary N) is 1. The minimum absolute atomic E-state index is 0.0860. The third-order valence-electron chi connectivity index (χ3n) is 2.25. The van der Waals surface area contributed by atoms with Crippen molar-refractivity contribution in [1.29, 1.82) is 0 Å². The molecule has 0 aliphatic rings. The smallest absolute Gasteiger partial charge is 0.220 e. The van der Waals surface area contributed by atoms with Crippen LogP contribution < -0.4 is 5.32 Å². The second kappa shape index (κ2) is 57.4. The van der Waals surface area contributed by atoms with Crippen molar-refractivity contribution in [1.82, 2.24) is 5.32 Å². The fourth-order valence-electron chi connectivity index (χ4n) is 1.39. The molecular formula is C27H65NO4. The summed E-state index contributed by atoms with van der Waals surface area (Å²) < 4.78 is 15.9. The molecular weight excluding hydrogens is 402 g/mol. The molecule has 0 bridgehead atoms. The van der Waals surface area contributed by atoms with Crippen LogP contribution in [0.25, 0.3) is 0 Å². The summed E-state index contributed by atoms with van der Waals surface area (Å²) >= 11 is 0. The molecule has 5 heteroatoms. The normalized spacial score (nSPS) is 8.56. The summed E-state index contributed by atoms with van der Waals surface area (Å²) in [4.78, 5) is 11.3. The lowest BCUT2D eigenvalue weighted by Crippen LogP contribution is -2.28. The van der Waals surface area contributed by atoms with Crippen LogP contribution >= 0.6 is 0 Å². The Morgan fingerprint density at radius 3 is 1.25 bits per heavy atom. The average Bonchev–Trinajstić information content (AvgIpc) is 2.76. The maximum absolute atomic E-state index is 11.3. The van der Waals surface area contributed by atoms with Crippen LogP contribution in [0.4, 0.5) is 0 Å². The zero-order chi connectivity index (χ0) is 26.5. The van der Waals surface area contributed by atoms with Crippen molar-refractivity contribution in [3.05, 3.63) is 0 Å². The van der Waals surface area contributed by atoms with Gasteiger partial charge in [0.15, 0.2) is 0 Å². The average molecular weight is 468 g/mol. The highest BCUT2D eigenvalue weighted by Crippen LogP contribution is 1.97. The molecule has 1 amide bonds. The molecule has 0 aliphatic heterocycles. The van der Waals surface area contributed by atoms with Gasteiger partial charge < -0.3 is 19.5 Å². The third-order valence-corrected chi connectivity index (χ3v) is 2.25. The summed E-state index contributed by atoms with van der Waals surface area (Å²) in [5.41, 5.74) is 0. The molecule has 0 radical (unpaired) electrons. The van der Waals surface area contributed by atoms with Crippen LogP contribution in [-0.4, -0.2) is 52.1 Å². The summed E-state index contributed by atoms with van der Waals surface area (Å²) in [6, 6.07) is 0. The molecule has 0 spiro atoms. The molecule has 32 heavy (non-hydrogen) atoms. The van der Waals surface area contributed by atoms with Crippen molar-refractivity contribution in [2.75, 3.05) is 46.2 Å². The van der Waals surface area contributed by atoms with Gasteiger partial charge in [0.25, 0.3) is 0 Å². The van der Waals surface area contributed by atoms with E-state index in [1.54, 1.807) is 0 Å². The highest BCUT2D eigenvalue weighted by atomic mass is 16.5. The first-order valence-corrected chi connectivity index (χ1v) is 13.4. The van der Waals surface area contributed by atoms with Gasteiger partial charge in [-0.05, 0) is 12.3 Å². The third kappa shape index (κ3) is 88.2. The first kappa shape index (κ1) is 44.9. The van der Waals surface area contributed by atoms with E-state index in [9.17, 15) is 4.79 Å². The first-order chi connectivity index (χ1) is 15.4. The van der Waals surface area contributed by atoms with E-state index < -0.39 is 0 Å². The lowest BCUT2D eigenvalue weighted by molar-refractivity contribution is -0.122. The molecule has 202 valence electrons. The van der Waals surface area contributed by atoms with Gasteiger partial charge in [0, 0.05) is 19.6 Å². The number of hydrogen-bond donors (Lipinski definition) is 1. The van der Waals surface area contributed by atoms with Crippen LogP contribution in [0, 0.1) is 5.92 Å². The zero-order valence-electron chi connectivity index (χ0n) is 24.7. The van der Waals surface area contributed by atoms with Crippen LogP contribution in [0.15, 0.2) is 0 Å². The van der Waals surface area contributed by atoms with E-state index in [0.717, 1.165) is 13.0 Å². The second-order valence-corrected chi connectivity index (χ2v) is 6.91. The molecule has 0 saturated heterocycles. The quantitative estimate of drug-likeness (QED) is 0.280. The first-order valence-electron chi connectivity index (χ1n) is 13.4. The van der Waals surface area contributed by atoms with Gasteiger partial charge in [-0.1, -0.05) is 109 Å². The molecule has 0 saturated carbocycles. The predicted octanol–water partition coefficient (Wildman–Crippen LogP) is 7.91. The Hall–Kier alpha value is -0.650. The van der Waals surface area contributed by atoms with Gasteiger partial charge in [-0.15, -0.1) is 0 Å². The van der Waals surface area contributed by atoms with Gasteiger partial charge in [0.2, 0.25) is 5.91 Å². The molecule has 5 nitrogen and oxygen atoms in total. The van der Waals surface area contributed by atoms with Crippen LogP contribution in [0.2, 0.25) is 0 Å². The summed E-state index contributed by atoms with van der Waals surface area (Å²) in [5, 5.41) is 2.81. The molecule has 0 heterocycles. The predicted molar refractivity (Wildman–Crippen MR) is 146 cm³/mol. The topological polar surface area (TPSA) is 56.8 Å². The van der Waals surface area contributed by atoms with Crippen molar-refractivity contribution < 1.29 is 19.0 Å². The molecule has 0 unspecified atom stereocenters. The Labute approximate surface area is 204 Å². The molecule has 1 N–H and O–H groups in total. The molecule has 0 fully saturated rings. The van der Waals surface area contributed by atoms with Crippen molar-refractivity contribution in [3.8, 4) is 0 Å². The fourth-order valence-corrected chi connectivity index (χ4v) is 1.39. The Morgan fingerprint density at radius 2 is 0.938 bits per heavy atom. The number of hydrogen-bond acceptors (Lipinski definition) is 4. The van der Waals surface area contributed by atoms with Crippen molar-refractivity contribution >= 4 is 5.91 Å². The van der Waals surface area contributed by atoms with E-state index in [1.807, 2.05) is 41.5 Å². The van der Waals surface area contributed by atoms with Crippen molar-refractivity contribution in [2.45, 2.75) is 122 Å². The van der Waals surface area contributed by atoms with Crippen molar-refractivity contribution in [3.63, 3.8) is 0 Å². The van der Waals surface area contributed by atoms with Gasteiger partial charge in [-0.3, -0.25) is 4.79 Å². The Balaban J connectivity index is -0.000000108. The molecule has 0 atom stereocenters. The summed E-state index contributed by atoms with van der Waals surface area (Å²) in [5.74, 6) is 0.479. The van der Waals surface area contributed by atoms with E-state index >= 15 is 0 Å². The van der Waals surface area contributed by atoms with Gasteiger partial charge in [-0.2, -0.15) is 0 Å². The number of rotatable bonds is 13. The van der Waals surface area contributed by atoms with Crippen LogP contribution in [0.5, 0.6) is 0 Å². The molecule has 0 rings (SSSR count). The lowest BCUT2D eigenvalue weighted by Gasteiger charge is -2.08. The number of ether oxygens (including phenoxy) is 3. The highest BCUT2D eigenvalue weighted by Gasteiger charge is 2.02. The maximum Gasteiger partial charge on any atom is 0.220 e.